The zero-order valence-corrected chi connectivity index (χ0v) is 19.7. The summed E-state index contributed by atoms with van der Waals surface area (Å²) in [6.07, 6.45) is 9.14. The maximum absolute atomic E-state index is 5.81. The second-order valence-corrected chi connectivity index (χ2v) is 10.9. The Hall–Kier alpha value is -0.630. The number of unbranched alkanes of at least 4 members (excludes halogenated alkanes) is 5. The van der Waals surface area contributed by atoms with Crippen LogP contribution in [-0.4, -0.2) is 40.7 Å². The molecule has 0 spiro atoms. The van der Waals surface area contributed by atoms with E-state index in [4.69, 9.17) is 18.6 Å². The van der Waals surface area contributed by atoms with E-state index in [0.717, 1.165) is 0 Å². The minimum absolute atomic E-state index is 0.0517. The highest BCUT2D eigenvalue weighted by Crippen LogP contribution is 2.55. The number of rotatable bonds is 9. The molecule has 2 saturated heterocycles. The van der Waals surface area contributed by atoms with Crippen molar-refractivity contribution >= 4 is 46.5 Å². The molecule has 1 aliphatic carbocycles. The van der Waals surface area contributed by atoms with E-state index < -0.39 is 0 Å². The molecule has 2 aliphatic heterocycles. The van der Waals surface area contributed by atoms with Crippen LogP contribution < -0.4 is 9.55 Å². The average Bonchev–Trinajstić information content (AvgIpc) is 3.55. The molecule has 0 radical (unpaired) electrons. The van der Waals surface area contributed by atoms with Gasteiger partial charge in [-0.3, -0.25) is 0 Å². The van der Waals surface area contributed by atoms with Gasteiger partial charge in [0.05, 0.1) is 26.4 Å². The summed E-state index contributed by atoms with van der Waals surface area (Å²) < 4.78 is 25.6. The Kier molecular flexibility index (Phi) is 6.43. The lowest BCUT2D eigenvalue weighted by Gasteiger charge is -2.26. The SMILES string of the molecule is CCCCCCCCC1(C)c2cc(B3OCCO3)sc2-c2sc(B3OCCO3)cc21. The van der Waals surface area contributed by atoms with Crippen LogP contribution in [-0.2, 0) is 24.0 Å². The van der Waals surface area contributed by atoms with Gasteiger partial charge in [-0.05, 0) is 29.7 Å². The first-order chi connectivity index (χ1) is 14.7. The van der Waals surface area contributed by atoms with Crippen molar-refractivity contribution in [1.29, 1.82) is 0 Å². The number of thiophene rings is 2. The van der Waals surface area contributed by atoms with E-state index in [1.807, 2.05) is 22.7 Å². The van der Waals surface area contributed by atoms with E-state index in [0.29, 0.717) is 26.4 Å². The van der Waals surface area contributed by atoms with Crippen molar-refractivity contribution in [3.63, 3.8) is 0 Å². The van der Waals surface area contributed by atoms with Crippen LogP contribution >= 0.6 is 22.7 Å². The second kappa shape index (κ2) is 9.08. The van der Waals surface area contributed by atoms with Crippen LogP contribution in [0.25, 0.3) is 9.75 Å². The summed E-state index contributed by atoms with van der Waals surface area (Å²) in [6, 6.07) is 4.73. The maximum atomic E-state index is 5.81. The van der Waals surface area contributed by atoms with Gasteiger partial charge < -0.3 is 18.6 Å². The van der Waals surface area contributed by atoms with Crippen LogP contribution in [0.2, 0.25) is 0 Å². The van der Waals surface area contributed by atoms with Gasteiger partial charge in [0, 0.05) is 24.7 Å². The van der Waals surface area contributed by atoms with Crippen molar-refractivity contribution in [3.8, 4) is 9.75 Å². The Labute approximate surface area is 188 Å². The van der Waals surface area contributed by atoms with Gasteiger partial charge in [0.2, 0.25) is 0 Å². The van der Waals surface area contributed by atoms with Gasteiger partial charge >= 0.3 is 14.2 Å². The third-order valence-corrected chi connectivity index (χ3v) is 9.11. The molecule has 2 aromatic heterocycles. The Morgan fingerprint density at radius 2 is 1.23 bits per heavy atom. The zero-order valence-electron chi connectivity index (χ0n) is 18.0. The molecule has 3 aliphatic rings. The van der Waals surface area contributed by atoms with Crippen molar-refractivity contribution in [2.75, 3.05) is 26.4 Å². The summed E-state index contributed by atoms with van der Waals surface area (Å²) in [5.74, 6) is 0. The van der Waals surface area contributed by atoms with E-state index >= 15 is 0 Å². The molecule has 30 heavy (non-hydrogen) atoms. The highest BCUT2D eigenvalue weighted by molar-refractivity contribution is 7.31. The Morgan fingerprint density at radius 1 is 0.767 bits per heavy atom. The zero-order chi connectivity index (χ0) is 20.6. The van der Waals surface area contributed by atoms with Gasteiger partial charge in [0.25, 0.3) is 0 Å². The minimum Gasteiger partial charge on any atom is -0.404 e. The molecule has 5 rings (SSSR count). The molecule has 0 unspecified atom stereocenters. The van der Waals surface area contributed by atoms with Crippen molar-refractivity contribution in [3.05, 3.63) is 23.3 Å². The van der Waals surface area contributed by atoms with Crippen molar-refractivity contribution < 1.29 is 18.6 Å². The molecule has 160 valence electrons. The van der Waals surface area contributed by atoms with E-state index in [1.54, 1.807) is 0 Å². The van der Waals surface area contributed by atoms with Crippen LogP contribution in [0.15, 0.2) is 12.1 Å². The first-order valence-corrected chi connectivity index (χ1v) is 13.1. The summed E-state index contributed by atoms with van der Waals surface area (Å²) in [7, 11) is -0.383. The van der Waals surface area contributed by atoms with Crippen LogP contribution in [0, 0.1) is 0 Å². The number of hydrogen-bond acceptors (Lipinski definition) is 6. The summed E-state index contributed by atoms with van der Waals surface area (Å²) in [4.78, 5) is 2.81. The molecule has 4 nitrogen and oxygen atoms in total. The van der Waals surface area contributed by atoms with Crippen molar-refractivity contribution in [1.82, 2.24) is 0 Å². The molecule has 0 saturated carbocycles. The number of fused-ring (bicyclic) bond motifs is 3. The molecule has 4 heterocycles. The maximum Gasteiger partial charge on any atom is 0.504 e. The fourth-order valence-corrected chi connectivity index (χ4v) is 7.66. The predicted molar refractivity (Wildman–Crippen MR) is 127 cm³/mol. The van der Waals surface area contributed by atoms with Crippen molar-refractivity contribution in [2.24, 2.45) is 0 Å². The summed E-state index contributed by atoms with van der Waals surface area (Å²) in [5, 5.41) is 0. The summed E-state index contributed by atoms with van der Waals surface area (Å²) >= 11 is 3.70. The topological polar surface area (TPSA) is 36.9 Å². The summed E-state index contributed by atoms with van der Waals surface area (Å²) in [5.41, 5.74) is 2.99. The fourth-order valence-electron chi connectivity index (χ4n) is 4.93. The molecule has 0 atom stereocenters. The first kappa shape index (κ1) is 21.2. The van der Waals surface area contributed by atoms with Crippen LogP contribution in [0.1, 0.15) is 69.9 Å². The lowest BCUT2D eigenvalue weighted by molar-refractivity contribution is 0.365. The molecule has 2 fully saturated rings. The third-order valence-electron chi connectivity index (χ3n) is 6.64. The largest absolute Gasteiger partial charge is 0.504 e. The molecular weight excluding hydrogens is 414 g/mol. The smallest absolute Gasteiger partial charge is 0.404 e. The molecule has 0 N–H and O–H groups in total. The molecule has 0 bridgehead atoms. The highest BCUT2D eigenvalue weighted by atomic mass is 32.1. The van der Waals surface area contributed by atoms with E-state index in [9.17, 15) is 0 Å². The molecule has 2 aromatic rings. The molecular formula is C22H30B2O4S2. The number of hydrogen-bond donors (Lipinski definition) is 0. The Bertz CT molecular complexity index is 808. The standard InChI is InChI=1S/C22H30B2O4S2/c1-3-4-5-6-7-8-9-22(2)16-14-18(23-25-10-11-26-23)29-20(16)21-17(22)15-19(30-21)24-27-12-13-28-24/h14-15H,3-13H2,1-2H3. The quantitative estimate of drug-likeness (QED) is 0.426. The van der Waals surface area contributed by atoms with Gasteiger partial charge in [-0.2, -0.15) is 0 Å². The molecule has 8 heteroatoms. The Morgan fingerprint density at radius 3 is 1.73 bits per heavy atom. The minimum atomic E-state index is -0.191. The molecule has 0 aromatic carbocycles. The highest BCUT2D eigenvalue weighted by Gasteiger charge is 2.45. The molecule has 0 amide bonds. The van der Waals surface area contributed by atoms with E-state index in [-0.39, 0.29) is 19.7 Å². The fraction of sp³-hybridized carbons (Fsp3) is 0.636. The van der Waals surface area contributed by atoms with Crippen LogP contribution in [0.5, 0.6) is 0 Å². The Balaban J connectivity index is 1.42. The lowest BCUT2D eigenvalue weighted by Crippen LogP contribution is -2.30. The van der Waals surface area contributed by atoms with E-state index in [2.05, 4.69) is 26.0 Å². The van der Waals surface area contributed by atoms with Gasteiger partial charge in [-0.25, -0.2) is 0 Å². The second-order valence-electron chi connectivity index (χ2n) is 8.78. The van der Waals surface area contributed by atoms with Gasteiger partial charge in [0.15, 0.2) is 0 Å². The predicted octanol–water partition coefficient (Wildman–Crippen LogP) is 4.33. The first-order valence-electron chi connectivity index (χ1n) is 11.5. The monoisotopic (exact) mass is 444 g/mol. The van der Waals surface area contributed by atoms with Crippen LogP contribution in [0.3, 0.4) is 0 Å². The van der Waals surface area contributed by atoms with Crippen molar-refractivity contribution in [2.45, 2.75) is 64.2 Å². The van der Waals surface area contributed by atoms with Gasteiger partial charge in [-0.1, -0.05) is 52.4 Å². The van der Waals surface area contributed by atoms with Crippen LogP contribution in [0.4, 0.5) is 0 Å². The van der Waals surface area contributed by atoms with Gasteiger partial charge in [-0.15, -0.1) is 22.7 Å². The normalized spacial score (nSPS) is 19.7. The summed E-state index contributed by atoms with van der Waals surface area (Å²) in [6.45, 7) is 7.46. The van der Waals surface area contributed by atoms with E-state index in [1.165, 1.54) is 75.4 Å². The van der Waals surface area contributed by atoms with Gasteiger partial charge in [0.1, 0.15) is 0 Å². The third kappa shape index (κ3) is 3.84. The average molecular weight is 444 g/mol. The lowest BCUT2D eigenvalue weighted by atomic mass is 9.74.